The Hall–Kier alpha value is -3.11. The molecule has 0 bridgehead atoms. The zero-order chi connectivity index (χ0) is 24.3. The third-order valence-electron chi connectivity index (χ3n) is 4.51. The number of carbonyl (C=O) groups excluding carboxylic acids is 2. The number of benzene rings is 3. The molecule has 2 N–H and O–H groups in total. The monoisotopic (exact) mass is 591 g/mol. The van der Waals surface area contributed by atoms with Gasteiger partial charge in [0.25, 0.3) is 11.8 Å². The summed E-state index contributed by atoms with van der Waals surface area (Å²) in [6.45, 7) is 2.53. The summed E-state index contributed by atoms with van der Waals surface area (Å²) in [7, 11) is 0. The van der Waals surface area contributed by atoms with Crippen molar-refractivity contribution in [3.8, 4) is 11.5 Å². The summed E-state index contributed by atoms with van der Waals surface area (Å²) in [6.07, 6.45) is 1.49. The van der Waals surface area contributed by atoms with E-state index in [1.807, 2.05) is 43.3 Å². The molecule has 34 heavy (non-hydrogen) atoms. The van der Waals surface area contributed by atoms with Crippen LogP contribution in [-0.2, 0) is 11.4 Å². The van der Waals surface area contributed by atoms with Gasteiger partial charge in [0.2, 0.25) is 0 Å². The molecule has 0 unspecified atom stereocenters. The van der Waals surface area contributed by atoms with Gasteiger partial charge in [0.05, 0.1) is 24.9 Å². The average molecular weight is 592 g/mol. The van der Waals surface area contributed by atoms with Crippen LogP contribution in [0.25, 0.3) is 0 Å². The SMILES string of the molecule is CCOc1cc(C=NNC(=O)CNC(=O)c2ccccc2I)ccc1OCc1ccc(Cl)cc1. The maximum atomic E-state index is 12.2. The summed E-state index contributed by atoms with van der Waals surface area (Å²) >= 11 is 7.99. The van der Waals surface area contributed by atoms with Crippen LogP contribution < -0.4 is 20.2 Å². The van der Waals surface area contributed by atoms with Crippen molar-refractivity contribution in [1.82, 2.24) is 10.7 Å². The van der Waals surface area contributed by atoms with E-state index < -0.39 is 5.91 Å². The average Bonchev–Trinajstić information content (AvgIpc) is 2.83. The molecule has 2 amide bonds. The van der Waals surface area contributed by atoms with E-state index >= 15 is 0 Å². The first kappa shape index (κ1) is 25.5. The molecule has 0 radical (unpaired) electrons. The number of ether oxygens (including phenoxy) is 2. The van der Waals surface area contributed by atoms with Crippen molar-refractivity contribution in [2.75, 3.05) is 13.2 Å². The van der Waals surface area contributed by atoms with Gasteiger partial charge in [-0.15, -0.1) is 0 Å². The third kappa shape index (κ3) is 7.74. The van der Waals surface area contributed by atoms with Gasteiger partial charge < -0.3 is 14.8 Å². The second-order valence-corrected chi connectivity index (χ2v) is 8.61. The van der Waals surface area contributed by atoms with Crippen LogP contribution in [0.3, 0.4) is 0 Å². The first-order valence-corrected chi connectivity index (χ1v) is 11.9. The smallest absolute Gasteiger partial charge is 0.259 e. The van der Waals surface area contributed by atoms with Crippen molar-refractivity contribution < 1.29 is 19.1 Å². The van der Waals surface area contributed by atoms with E-state index in [0.29, 0.717) is 40.9 Å². The number of halogens is 2. The Bertz CT molecular complexity index is 1170. The molecule has 0 heterocycles. The molecule has 0 saturated heterocycles. The lowest BCUT2D eigenvalue weighted by Crippen LogP contribution is -2.35. The quantitative estimate of drug-likeness (QED) is 0.201. The van der Waals surface area contributed by atoms with Crippen molar-refractivity contribution >= 4 is 52.2 Å². The maximum absolute atomic E-state index is 12.2. The molecule has 176 valence electrons. The van der Waals surface area contributed by atoms with Crippen LogP contribution in [0.5, 0.6) is 11.5 Å². The molecular weight excluding hydrogens is 569 g/mol. The molecule has 0 aromatic heterocycles. The first-order valence-electron chi connectivity index (χ1n) is 10.4. The topological polar surface area (TPSA) is 89.0 Å². The van der Waals surface area contributed by atoms with Gasteiger partial charge in [-0.05, 0) is 83.1 Å². The van der Waals surface area contributed by atoms with Crippen LogP contribution in [0, 0.1) is 3.57 Å². The Morgan fingerprint density at radius 3 is 2.53 bits per heavy atom. The fourth-order valence-corrected chi connectivity index (χ4v) is 3.61. The summed E-state index contributed by atoms with van der Waals surface area (Å²) in [5.41, 5.74) is 4.61. The highest BCUT2D eigenvalue weighted by atomic mass is 127. The predicted molar refractivity (Wildman–Crippen MR) is 141 cm³/mol. The van der Waals surface area contributed by atoms with E-state index in [4.69, 9.17) is 21.1 Å². The van der Waals surface area contributed by atoms with Gasteiger partial charge in [0.1, 0.15) is 6.61 Å². The Labute approximate surface area is 216 Å². The van der Waals surface area contributed by atoms with Crippen LogP contribution in [0.1, 0.15) is 28.4 Å². The van der Waals surface area contributed by atoms with Crippen LogP contribution in [0.15, 0.2) is 71.8 Å². The van der Waals surface area contributed by atoms with E-state index in [9.17, 15) is 9.59 Å². The van der Waals surface area contributed by atoms with Gasteiger partial charge >= 0.3 is 0 Å². The molecule has 0 fully saturated rings. The molecule has 0 aliphatic rings. The number of amides is 2. The van der Waals surface area contributed by atoms with Gasteiger partial charge in [-0.2, -0.15) is 5.10 Å². The minimum atomic E-state index is -0.441. The predicted octanol–water partition coefficient (Wildman–Crippen LogP) is 4.80. The van der Waals surface area contributed by atoms with E-state index in [-0.39, 0.29) is 12.5 Å². The van der Waals surface area contributed by atoms with Crippen molar-refractivity contribution in [1.29, 1.82) is 0 Å². The second kappa shape index (κ2) is 13.0. The molecule has 0 aliphatic carbocycles. The largest absolute Gasteiger partial charge is 0.490 e. The lowest BCUT2D eigenvalue weighted by atomic mass is 10.2. The van der Waals surface area contributed by atoms with E-state index in [1.165, 1.54) is 6.21 Å². The fourth-order valence-electron chi connectivity index (χ4n) is 2.85. The zero-order valence-electron chi connectivity index (χ0n) is 18.4. The number of carbonyl (C=O) groups is 2. The molecule has 3 aromatic carbocycles. The molecule has 3 rings (SSSR count). The number of hydrogen-bond acceptors (Lipinski definition) is 5. The number of rotatable bonds is 10. The molecular formula is C25H23ClIN3O4. The third-order valence-corrected chi connectivity index (χ3v) is 5.70. The van der Waals surface area contributed by atoms with Gasteiger partial charge in [0, 0.05) is 8.59 Å². The van der Waals surface area contributed by atoms with Gasteiger partial charge in [0.15, 0.2) is 11.5 Å². The second-order valence-electron chi connectivity index (χ2n) is 7.01. The lowest BCUT2D eigenvalue weighted by Gasteiger charge is -2.12. The highest BCUT2D eigenvalue weighted by Crippen LogP contribution is 2.29. The van der Waals surface area contributed by atoms with Crippen molar-refractivity contribution in [3.63, 3.8) is 0 Å². The van der Waals surface area contributed by atoms with E-state index in [0.717, 1.165) is 9.13 Å². The zero-order valence-corrected chi connectivity index (χ0v) is 21.3. The molecule has 0 spiro atoms. The molecule has 0 saturated carbocycles. The van der Waals surface area contributed by atoms with E-state index in [2.05, 4.69) is 38.4 Å². The van der Waals surface area contributed by atoms with Crippen molar-refractivity contribution in [2.45, 2.75) is 13.5 Å². The van der Waals surface area contributed by atoms with Gasteiger partial charge in [-0.1, -0.05) is 35.9 Å². The standard InChI is InChI=1S/C25H23ClIN3O4/c1-2-33-23-13-18(9-12-22(23)34-16-17-7-10-19(26)11-8-17)14-29-30-24(31)15-28-25(32)20-5-3-4-6-21(20)27/h3-14H,2,15-16H2,1H3,(H,28,32)(H,30,31). The summed E-state index contributed by atoms with van der Waals surface area (Å²) in [4.78, 5) is 24.2. The van der Waals surface area contributed by atoms with Crippen LogP contribution in [-0.4, -0.2) is 31.2 Å². The van der Waals surface area contributed by atoms with Crippen LogP contribution >= 0.6 is 34.2 Å². The molecule has 0 aliphatic heterocycles. The maximum Gasteiger partial charge on any atom is 0.259 e. The van der Waals surface area contributed by atoms with Crippen LogP contribution in [0.2, 0.25) is 5.02 Å². The number of nitrogens with zero attached hydrogens (tertiary/aromatic N) is 1. The van der Waals surface area contributed by atoms with Crippen LogP contribution in [0.4, 0.5) is 0 Å². The van der Waals surface area contributed by atoms with Crippen molar-refractivity contribution in [2.24, 2.45) is 5.10 Å². The summed E-state index contributed by atoms with van der Waals surface area (Å²) in [5, 5.41) is 7.20. The molecule has 7 nitrogen and oxygen atoms in total. The normalized spacial score (nSPS) is 10.7. The fraction of sp³-hybridized carbons (Fsp3) is 0.160. The highest BCUT2D eigenvalue weighted by molar-refractivity contribution is 14.1. The first-order chi connectivity index (χ1) is 16.5. The molecule has 9 heteroatoms. The van der Waals surface area contributed by atoms with E-state index in [1.54, 1.807) is 30.3 Å². The highest BCUT2D eigenvalue weighted by Gasteiger charge is 2.10. The Balaban J connectivity index is 1.53. The number of hydrogen-bond donors (Lipinski definition) is 2. The summed E-state index contributed by atoms with van der Waals surface area (Å²) in [6, 6.07) is 19.9. The van der Waals surface area contributed by atoms with Gasteiger partial charge in [-0.3, -0.25) is 9.59 Å². The molecule has 3 aromatic rings. The Kier molecular flexibility index (Phi) is 9.72. The Morgan fingerprint density at radius 2 is 1.79 bits per heavy atom. The van der Waals surface area contributed by atoms with Gasteiger partial charge in [-0.25, -0.2) is 5.43 Å². The Morgan fingerprint density at radius 1 is 1.03 bits per heavy atom. The summed E-state index contributed by atoms with van der Waals surface area (Å²) in [5.74, 6) is 0.399. The lowest BCUT2D eigenvalue weighted by molar-refractivity contribution is -0.120. The molecule has 0 atom stereocenters. The number of nitrogens with one attached hydrogen (secondary N) is 2. The van der Waals surface area contributed by atoms with Crippen molar-refractivity contribution in [3.05, 3.63) is 92.0 Å². The summed E-state index contributed by atoms with van der Waals surface area (Å²) < 4.78 is 12.4. The minimum Gasteiger partial charge on any atom is -0.490 e. The number of hydrazone groups is 1. The minimum absolute atomic E-state index is 0.192.